The first kappa shape index (κ1) is 19.4. The average molecular weight is 357 g/mol. The molecule has 2 rings (SSSR count). The van der Waals surface area contributed by atoms with E-state index < -0.39 is 0 Å². The summed E-state index contributed by atoms with van der Waals surface area (Å²) in [4.78, 5) is 4.61. The number of rotatable bonds is 8. The molecular weight excluding hydrogens is 330 g/mol. The van der Waals surface area contributed by atoms with E-state index in [2.05, 4.69) is 15.6 Å². The van der Waals surface area contributed by atoms with E-state index in [0.29, 0.717) is 12.3 Å². The van der Waals surface area contributed by atoms with Crippen molar-refractivity contribution < 1.29 is 14.6 Å². The Bertz CT molecular complexity index is 732. The monoisotopic (exact) mass is 357 g/mol. The molecule has 0 bridgehead atoms. The summed E-state index contributed by atoms with van der Waals surface area (Å²) in [5.74, 6) is 2.23. The van der Waals surface area contributed by atoms with E-state index in [9.17, 15) is 5.11 Å². The van der Waals surface area contributed by atoms with Gasteiger partial charge in [-0.2, -0.15) is 0 Å². The molecule has 0 saturated heterocycles. The first-order chi connectivity index (χ1) is 12.7. The van der Waals surface area contributed by atoms with E-state index in [0.717, 1.165) is 42.3 Å². The molecule has 140 valence electrons. The van der Waals surface area contributed by atoms with Gasteiger partial charge in [-0.15, -0.1) is 0 Å². The van der Waals surface area contributed by atoms with Crippen molar-refractivity contribution in [1.29, 1.82) is 0 Å². The van der Waals surface area contributed by atoms with Crippen LogP contribution >= 0.6 is 0 Å². The second-order valence-electron chi connectivity index (χ2n) is 5.73. The van der Waals surface area contributed by atoms with E-state index in [4.69, 9.17) is 9.47 Å². The van der Waals surface area contributed by atoms with Gasteiger partial charge in [-0.25, -0.2) is 4.99 Å². The molecule has 0 aliphatic rings. The minimum atomic E-state index is 0.150. The summed E-state index contributed by atoms with van der Waals surface area (Å²) in [5.41, 5.74) is 2.17. The molecule has 0 aliphatic heterocycles. The van der Waals surface area contributed by atoms with Crippen molar-refractivity contribution in [1.82, 2.24) is 10.6 Å². The highest BCUT2D eigenvalue weighted by molar-refractivity contribution is 5.79. The molecule has 0 saturated carbocycles. The van der Waals surface area contributed by atoms with Crippen LogP contribution in [0.3, 0.4) is 0 Å². The summed E-state index contributed by atoms with van der Waals surface area (Å²) < 4.78 is 10.4. The third kappa shape index (κ3) is 5.88. The minimum absolute atomic E-state index is 0.150. The molecule has 0 unspecified atom stereocenters. The number of ether oxygens (including phenoxy) is 2. The van der Waals surface area contributed by atoms with Gasteiger partial charge in [-0.1, -0.05) is 18.2 Å². The largest absolute Gasteiger partial charge is 0.504 e. The standard InChI is InChI=1S/C20H27N3O3/c1-4-21-20(23-14-16-6-5-7-17(12-16)25-2)22-11-10-15-8-9-18(24)19(13-15)26-3/h5-9,12-13,24H,4,10-11,14H2,1-3H3,(H2,21,22,23). The molecule has 6 nitrogen and oxygen atoms in total. The quantitative estimate of drug-likeness (QED) is 0.500. The maximum absolute atomic E-state index is 9.66. The fourth-order valence-corrected chi connectivity index (χ4v) is 2.49. The number of phenols is 1. The maximum atomic E-state index is 9.66. The molecule has 3 N–H and O–H groups in total. The number of guanidine groups is 1. The van der Waals surface area contributed by atoms with Crippen LogP contribution in [0.1, 0.15) is 18.1 Å². The lowest BCUT2D eigenvalue weighted by Gasteiger charge is -2.12. The van der Waals surface area contributed by atoms with Crippen LogP contribution in [0.5, 0.6) is 17.2 Å². The van der Waals surface area contributed by atoms with Crippen LogP contribution in [-0.4, -0.2) is 38.4 Å². The molecule has 0 amide bonds. The third-order valence-corrected chi connectivity index (χ3v) is 3.85. The Labute approximate surface area is 154 Å². The van der Waals surface area contributed by atoms with Crippen molar-refractivity contribution in [2.24, 2.45) is 4.99 Å². The molecule has 0 spiro atoms. The van der Waals surface area contributed by atoms with Crippen molar-refractivity contribution in [3.05, 3.63) is 53.6 Å². The Kier molecular flexibility index (Phi) is 7.61. The summed E-state index contributed by atoms with van der Waals surface area (Å²) >= 11 is 0. The van der Waals surface area contributed by atoms with Crippen LogP contribution in [0.2, 0.25) is 0 Å². The number of aliphatic imine (C=N–C) groups is 1. The zero-order chi connectivity index (χ0) is 18.8. The average Bonchev–Trinajstić information content (AvgIpc) is 2.67. The van der Waals surface area contributed by atoms with Gasteiger partial charge in [0.15, 0.2) is 17.5 Å². The highest BCUT2D eigenvalue weighted by Gasteiger charge is 2.04. The summed E-state index contributed by atoms with van der Waals surface area (Å²) in [6.45, 7) is 4.11. The Hall–Kier alpha value is -2.89. The zero-order valence-electron chi connectivity index (χ0n) is 15.6. The predicted molar refractivity (Wildman–Crippen MR) is 104 cm³/mol. The molecule has 0 aromatic heterocycles. The van der Waals surface area contributed by atoms with Gasteiger partial charge in [-0.05, 0) is 48.7 Å². The molecule has 2 aromatic rings. The van der Waals surface area contributed by atoms with Crippen LogP contribution in [0.25, 0.3) is 0 Å². The van der Waals surface area contributed by atoms with Crippen molar-refractivity contribution in [3.8, 4) is 17.2 Å². The van der Waals surface area contributed by atoms with Crippen molar-refractivity contribution >= 4 is 5.96 Å². The number of nitrogens with one attached hydrogen (secondary N) is 2. The van der Waals surface area contributed by atoms with E-state index in [1.165, 1.54) is 0 Å². The molecule has 2 aromatic carbocycles. The smallest absolute Gasteiger partial charge is 0.191 e. The number of benzene rings is 2. The molecule has 26 heavy (non-hydrogen) atoms. The van der Waals surface area contributed by atoms with E-state index in [1.807, 2.05) is 43.3 Å². The fraction of sp³-hybridized carbons (Fsp3) is 0.350. The van der Waals surface area contributed by atoms with E-state index in [1.54, 1.807) is 20.3 Å². The number of phenolic OH excluding ortho intramolecular Hbond substituents is 1. The Balaban J connectivity index is 1.92. The van der Waals surface area contributed by atoms with Gasteiger partial charge in [0.1, 0.15) is 5.75 Å². The minimum Gasteiger partial charge on any atom is -0.504 e. The Morgan fingerprint density at radius 2 is 1.88 bits per heavy atom. The Morgan fingerprint density at radius 3 is 2.62 bits per heavy atom. The summed E-state index contributed by atoms with van der Waals surface area (Å²) in [6, 6.07) is 13.3. The SMILES string of the molecule is CCNC(=NCc1cccc(OC)c1)NCCc1ccc(O)c(OC)c1. The lowest BCUT2D eigenvalue weighted by molar-refractivity contribution is 0.373. The predicted octanol–water partition coefficient (Wildman–Crippen LogP) is 2.71. The maximum Gasteiger partial charge on any atom is 0.191 e. The number of hydrogen-bond donors (Lipinski definition) is 3. The first-order valence-corrected chi connectivity index (χ1v) is 8.67. The topological polar surface area (TPSA) is 75.1 Å². The highest BCUT2D eigenvalue weighted by atomic mass is 16.5. The molecule has 0 radical (unpaired) electrons. The summed E-state index contributed by atoms with van der Waals surface area (Å²) in [7, 11) is 3.21. The lowest BCUT2D eigenvalue weighted by atomic mass is 10.1. The Morgan fingerprint density at radius 1 is 1.04 bits per heavy atom. The van der Waals surface area contributed by atoms with Gasteiger partial charge in [0.05, 0.1) is 20.8 Å². The molecule has 0 heterocycles. The summed E-state index contributed by atoms with van der Waals surface area (Å²) in [5, 5.41) is 16.2. The van der Waals surface area contributed by atoms with E-state index in [-0.39, 0.29) is 5.75 Å². The van der Waals surface area contributed by atoms with Gasteiger partial charge in [0.2, 0.25) is 0 Å². The fourth-order valence-electron chi connectivity index (χ4n) is 2.49. The second-order valence-corrected chi connectivity index (χ2v) is 5.73. The number of hydrogen-bond acceptors (Lipinski definition) is 4. The van der Waals surface area contributed by atoms with Crippen LogP contribution in [0.4, 0.5) is 0 Å². The zero-order valence-corrected chi connectivity index (χ0v) is 15.6. The van der Waals surface area contributed by atoms with Gasteiger partial charge in [0.25, 0.3) is 0 Å². The van der Waals surface area contributed by atoms with Crippen LogP contribution < -0.4 is 20.1 Å². The first-order valence-electron chi connectivity index (χ1n) is 8.67. The highest BCUT2D eigenvalue weighted by Crippen LogP contribution is 2.26. The lowest BCUT2D eigenvalue weighted by Crippen LogP contribution is -2.38. The molecule has 0 fully saturated rings. The van der Waals surface area contributed by atoms with Crippen LogP contribution in [-0.2, 0) is 13.0 Å². The summed E-state index contributed by atoms with van der Waals surface area (Å²) in [6.07, 6.45) is 0.792. The molecular formula is C20H27N3O3. The number of aromatic hydroxyl groups is 1. The van der Waals surface area contributed by atoms with Gasteiger partial charge < -0.3 is 25.2 Å². The normalized spacial score (nSPS) is 11.1. The third-order valence-electron chi connectivity index (χ3n) is 3.85. The van der Waals surface area contributed by atoms with Gasteiger partial charge in [-0.3, -0.25) is 0 Å². The van der Waals surface area contributed by atoms with Crippen molar-refractivity contribution in [2.75, 3.05) is 27.3 Å². The van der Waals surface area contributed by atoms with Crippen LogP contribution in [0, 0.1) is 0 Å². The van der Waals surface area contributed by atoms with Gasteiger partial charge in [0, 0.05) is 13.1 Å². The molecule has 0 atom stereocenters. The number of nitrogens with zero attached hydrogens (tertiary/aromatic N) is 1. The molecule has 0 aliphatic carbocycles. The van der Waals surface area contributed by atoms with Crippen molar-refractivity contribution in [3.63, 3.8) is 0 Å². The van der Waals surface area contributed by atoms with E-state index >= 15 is 0 Å². The number of methoxy groups -OCH3 is 2. The molecule has 6 heteroatoms. The van der Waals surface area contributed by atoms with Crippen molar-refractivity contribution in [2.45, 2.75) is 19.9 Å². The van der Waals surface area contributed by atoms with Gasteiger partial charge >= 0.3 is 0 Å². The second kappa shape index (κ2) is 10.2. The van der Waals surface area contributed by atoms with Crippen LogP contribution in [0.15, 0.2) is 47.5 Å².